The summed E-state index contributed by atoms with van der Waals surface area (Å²) >= 11 is 0.138. The Kier molecular flexibility index (Phi) is 3.53. The van der Waals surface area contributed by atoms with Gasteiger partial charge in [-0.05, 0) is 0 Å². The maximum absolute atomic E-state index is 4.83. The van der Waals surface area contributed by atoms with Crippen LogP contribution in [0.3, 0.4) is 0 Å². The van der Waals surface area contributed by atoms with Crippen molar-refractivity contribution in [2.45, 2.75) is 0 Å². The first-order valence-electron chi connectivity index (χ1n) is 0.856. The number of hydrogen-bond donors (Lipinski definition) is 0. The van der Waals surface area contributed by atoms with Crippen molar-refractivity contribution in [3.05, 3.63) is 0 Å². The quantitative estimate of drug-likeness (QED) is 0.208. The van der Waals surface area contributed by atoms with Crippen LogP contribution < -0.4 is 21.2 Å². The summed E-state index contributed by atoms with van der Waals surface area (Å²) in [5, 5.41) is 0. The second kappa shape index (κ2) is 3.29. The second-order valence-corrected chi connectivity index (χ2v) is 2.00. The van der Waals surface area contributed by atoms with Gasteiger partial charge >= 0.3 is 36.5 Å². The van der Waals surface area contributed by atoms with Crippen LogP contribution in [0.1, 0.15) is 0 Å². The summed E-state index contributed by atoms with van der Waals surface area (Å²) in [4.78, 5) is 2.05. The van der Waals surface area contributed by atoms with Crippen molar-refractivity contribution in [3.63, 3.8) is 0 Å². The van der Waals surface area contributed by atoms with Crippen LogP contribution in [0.2, 0.25) is 0 Å². The molecule has 0 N–H and O–H groups in total. The Labute approximate surface area is 36.9 Å². The minimum atomic E-state index is 0.138. The van der Waals surface area contributed by atoms with Crippen molar-refractivity contribution in [3.8, 4) is 10.4 Å². The van der Waals surface area contributed by atoms with Gasteiger partial charge in [-0.1, -0.05) is 0 Å². The van der Waals surface area contributed by atoms with Gasteiger partial charge in [0.05, 0.1) is 0 Å². The molecule has 0 aromatic carbocycles. The van der Waals surface area contributed by atoms with Crippen LogP contribution in [0.4, 0.5) is 0 Å². The van der Waals surface area contributed by atoms with E-state index in [1.165, 1.54) is 0 Å². The first-order valence-corrected chi connectivity index (χ1v) is 4.09. The molecule has 4 heavy (non-hydrogen) atoms. The van der Waals surface area contributed by atoms with Crippen LogP contribution in [-0.2, 0) is 0 Å². The molecule has 0 saturated carbocycles. The maximum atomic E-state index is 4.83. The summed E-state index contributed by atoms with van der Waals surface area (Å²) in [5.41, 5.74) is 0. The van der Waals surface area contributed by atoms with Crippen LogP contribution in [0.5, 0.6) is 0 Å². The average Bonchev–Trinajstić information content (AvgIpc) is 1.37. The molecule has 0 bridgehead atoms. The monoisotopic (exact) mass is 166 g/mol. The number of alkyl halides is 1. The Bertz CT molecular complexity index is 33.0. The third-order valence-corrected chi connectivity index (χ3v) is 0.732. The third-order valence-electron chi connectivity index (χ3n) is 0.109. The van der Waals surface area contributed by atoms with Crippen molar-refractivity contribution in [2.24, 2.45) is 0 Å². The number of terminal acetylenes is 1. The second-order valence-electron chi connectivity index (χ2n) is 0.298. The van der Waals surface area contributed by atoms with Gasteiger partial charge in [0.1, 0.15) is 0 Å². The molecule has 0 fully saturated rings. The van der Waals surface area contributed by atoms with Gasteiger partial charge in [-0.15, -0.1) is 0 Å². The summed E-state index contributed by atoms with van der Waals surface area (Å²) in [5.74, 6) is 0. The van der Waals surface area contributed by atoms with Gasteiger partial charge in [0.25, 0.3) is 0 Å². The molecule has 24 valence electrons. The normalized spacial score (nSPS) is 6.00. The van der Waals surface area contributed by atoms with E-state index in [1.807, 2.05) is 0 Å². The van der Waals surface area contributed by atoms with Crippen molar-refractivity contribution >= 4 is 0 Å². The van der Waals surface area contributed by atoms with E-state index in [0.29, 0.717) is 0 Å². The van der Waals surface area contributed by atoms with Crippen LogP contribution in [0.15, 0.2) is 0 Å². The number of halogens is 1. The molecule has 0 spiro atoms. The van der Waals surface area contributed by atoms with Crippen LogP contribution in [-0.4, -0.2) is 4.93 Å². The van der Waals surface area contributed by atoms with Crippen molar-refractivity contribution in [1.82, 2.24) is 0 Å². The standard InChI is InChI=1S/C3H4I/c1-3-4-2/h1H,2H3/q-1/i1-1. The Hall–Kier alpha value is 0.290. The molecule has 0 aliphatic carbocycles. The minimum absolute atomic E-state index is 0.138. The van der Waals surface area contributed by atoms with E-state index in [2.05, 4.69) is 8.86 Å². The van der Waals surface area contributed by atoms with Crippen molar-refractivity contribution < 1.29 is 21.2 Å². The summed E-state index contributed by atoms with van der Waals surface area (Å²) in [7, 11) is 0. The Morgan fingerprint density at radius 1 is 2.00 bits per heavy atom. The molecule has 0 rings (SSSR count). The average molecular weight is 166 g/mol. The van der Waals surface area contributed by atoms with Gasteiger partial charge in [-0.25, -0.2) is 0 Å². The molecule has 0 nitrogen and oxygen atoms in total. The van der Waals surface area contributed by atoms with Crippen molar-refractivity contribution in [2.75, 3.05) is 4.93 Å². The fraction of sp³-hybridized carbons (Fsp3) is 0.333. The molecular weight excluding hydrogens is 162 g/mol. The third kappa shape index (κ3) is 2.29. The zero-order valence-corrected chi connectivity index (χ0v) is 4.61. The summed E-state index contributed by atoms with van der Waals surface area (Å²) in [6, 6.07) is 0. The van der Waals surface area contributed by atoms with Gasteiger partial charge in [-0.3, -0.25) is 0 Å². The molecule has 0 saturated heterocycles. The molecule has 0 aliphatic heterocycles. The first kappa shape index (κ1) is 4.29. The molecule has 1 heteroatoms. The van der Waals surface area contributed by atoms with Crippen LogP contribution >= 0.6 is 0 Å². The molecule has 0 aromatic rings. The predicted octanol–water partition coefficient (Wildman–Crippen LogP) is -2.70. The van der Waals surface area contributed by atoms with E-state index in [-0.39, 0.29) is 21.2 Å². The first-order chi connectivity index (χ1) is 1.91. The van der Waals surface area contributed by atoms with Gasteiger partial charge in [0, 0.05) is 0 Å². The molecular formula is C3H4I-. The van der Waals surface area contributed by atoms with Crippen LogP contribution in [0.25, 0.3) is 0 Å². The zero-order valence-electron chi connectivity index (χ0n) is 2.46. The summed E-state index contributed by atoms with van der Waals surface area (Å²) in [6.45, 7) is 0. The van der Waals surface area contributed by atoms with Gasteiger partial charge in [0.15, 0.2) is 0 Å². The van der Waals surface area contributed by atoms with Gasteiger partial charge < -0.3 is 0 Å². The van der Waals surface area contributed by atoms with Crippen molar-refractivity contribution in [1.29, 1.82) is 0 Å². The van der Waals surface area contributed by atoms with Gasteiger partial charge in [-0.2, -0.15) is 0 Å². The molecule has 0 aliphatic rings. The van der Waals surface area contributed by atoms with Crippen LogP contribution in [0, 0.1) is 10.4 Å². The summed E-state index contributed by atoms with van der Waals surface area (Å²) < 4.78 is 2.54. The molecule has 0 aromatic heterocycles. The van der Waals surface area contributed by atoms with E-state index in [1.54, 1.807) is 0 Å². The Morgan fingerprint density at radius 3 is 2.25 bits per heavy atom. The SMILES string of the molecule is C[I-]C#[11CH]. The van der Waals surface area contributed by atoms with E-state index in [0.717, 1.165) is 0 Å². The Balaban J connectivity index is 2.43. The number of rotatable bonds is 0. The molecule has 0 unspecified atom stereocenters. The number of hydrogen-bond acceptors (Lipinski definition) is 0. The zero-order chi connectivity index (χ0) is 3.41. The van der Waals surface area contributed by atoms with E-state index >= 15 is 0 Å². The molecule has 0 heterocycles. The molecule has 0 atom stereocenters. The molecule has 0 amide bonds. The fourth-order valence-corrected chi connectivity index (χ4v) is 0. The molecule has 0 radical (unpaired) electrons. The predicted molar refractivity (Wildman–Crippen MR) is 14.8 cm³/mol. The van der Waals surface area contributed by atoms with Gasteiger partial charge in [0.2, 0.25) is 0 Å². The topological polar surface area (TPSA) is 0 Å². The summed E-state index contributed by atoms with van der Waals surface area (Å²) in [6.07, 6.45) is 4.83. The fourth-order valence-electron chi connectivity index (χ4n) is 0. The Morgan fingerprint density at radius 2 is 2.25 bits per heavy atom. The van der Waals surface area contributed by atoms with E-state index in [9.17, 15) is 0 Å². The van der Waals surface area contributed by atoms with E-state index in [4.69, 9.17) is 6.42 Å². The van der Waals surface area contributed by atoms with E-state index < -0.39 is 0 Å².